The van der Waals surface area contributed by atoms with E-state index < -0.39 is 0 Å². The molecule has 0 spiro atoms. The summed E-state index contributed by atoms with van der Waals surface area (Å²) < 4.78 is 0. The number of hydrogen-bond acceptors (Lipinski definition) is 3. The molecule has 1 aliphatic carbocycles. The second-order valence-electron chi connectivity index (χ2n) is 4.78. The molecule has 2 nitrogen and oxygen atoms in total. The molecule has 2 rings (SSSR count). The lowest BCUT2D eigenvalue weighted by atomic mass is 9.90. The van der Waals surface area contributed by atoms with Crippen LogP contribution >= 0.6 is 11.3 Å². The minimum atomic E-state index is 0.629. The monoisotopic (exact) mass is 238 g/mol. The third kappa shape index (κ3) is 3.29. The van der Waals surface area contributed by atoms with Gasteiger partial charge in [-0.3, -0.25) is 0 Å². The second-order valence-corrected chi connectivity index (χ2v) is 5.76. The molecule has 1 aliphatic rings. The average molecular weight is 238 g/mol. The topological polar surface area (TPSA) is 24.9 Å². The Balaban J connectivity index is 1.92. The number of thiazole rings is 1. The van der Waals surface area contributed by atoms with Crippen molar-refractivity contribution >= 4 is 11.3 Å². The quantitative estimate of drug-likeness (QED) is 0.815. The van der Waals surface area contributed by atoms with E-state index in [4.69, 9.17) is 0 Å². The maximum atomic E-state index is 4.40. The summed E-state index contributed by atoms with van der Waals surface area (Å²) in [5.74, 6) is 0.858. The van der Waals surface area contributed by atoms with Crippen molar-refractivity contribution in [1.29, 1.82) is 0 Å². The summed E-state index contributed by atoms with van der Waals surface area (Å²) in [6.45, 7) is 0. The van der Waals surface area contributed by atoms with Gasteiger partial charge in [0.1, 0.15) is 0 Å². The van der Waals surface area contributed by atoms with Crippen molar-refractivity contribution in [3.8, 4) is 0 Å². The lowest BCUT2D eigenvalue weighted by molar-refractivity contribution is 0.332. The van der Waals surface area contributed by atoms with Crippen LogP contribution in [-0.2, 0) is 6.42 Å². The van der Waals surface area contributed by atoms with Gasteiger partial charge in [-0.25, -0.2) is 4.98 Å². The molecule has 0 amide bonds. The van der Waals surface area contributed by atoms with Crippen molar-refractivity contribution in [2.24, 2.45) is 5.92 Å². The average Bonchev–Trinajstić information content (AvgIpc) is 2.67. The Labute approximate surface area is 102 Å². The number of aromatic nitrogens is 1. The first-order valence-corrected chi connectivity index (χ1v) is 7.33. The standard InChI is InChI=1S/C13H22N2S/c1-14-12(10-13-15-8-9-16-13)11-6-4-2-3-5-7-11/h8-9,11-12,14H,2-7,10H2,1H3. The summed E-state index contributed by atoms with van der Waals surface area (Å²) in [5.41, 5.74) is 0. The molecule has 0 radical (unpaired) electrons. The van der Waals surface area contributed by atoms with Crippen LogP contribution in [0.25, 0.3) is 0 Å². The molecular formula is C13H22N2S. The normalized spacial score (nSPS) is 20.6. The third-order valence-corrected chi connectivity index (χ3v) is 4.52. The van der Waals surface area contributed by atoms with Crippen molar-refractivity contribution < 1.29 is 0 Å². The highest BCUT2D eigenvalue weighted by molar-refractivity contribution is 7.09. The minimum Gasteiger partial charge on any atom is -0.316 e. The summed E-state index contributed by atoms with van der Waals surface area (Å²) >= 11 is 1.78. The molecule has 0 aromatic carbocycles. The number of nitrogens with zero attached hydrogens (tertiary/aromatic N) is 1. The van der Waals surface area contributed by atoms with E-state index in [0.29, 0.717) is 6.04 Å². The summed E-state index contributed by atoms with van der Waals surface area (Å²) in [5, 5.41) is 6.86. The molecule has 16 heavy (non-hydrogen) atoms. The molecule has 1 atom stereocenters. The zero-order valence-electron chi connectivity index (χ0n) is 10.1. The predicted octanol–water partition coefficient (Wildman–Crippen LogP) is 3.24. The summed E-state index contributed by atoms with van der Waals surface area (Å²) in [4.78, 5) is 4.40. The molecule has 1 fully saturated rings. The van der Waals surface area contributed by atoms with Crippen molar-refractivity contribution in [3.63, 3.8) is 0 Å². The molecule has 1 saturated carbocycles. The molecule has 0 saturated heterocycles. The van der Waals surface area contributed by atoms with Crippen LogP contribution < -0.4 is 5.32 Å². The van der Waals surface area contributed by atoms with Gasteiger partial charge in [-0.2, -0.15) is 0 Å². The summed E-state index contributed by atoms with van der Waals surface area (Å²) in [7, 11) is 2.10. The molecule has 1 aromatic rings. The van der Waals surface area contributed by atoms with Crippen molar-refractivity contribution in [2.45, 2.75) is 51.0 Å². The number of nitrogens with one attached hydrogen (secondary N) is 1. The lowest BCUT2D eigenvalue weighted by Crippen LogP contribution is -2.35. The van der Waals surface area contributed by atoms with Gasteiger partial charge >= 0.3 is 0 Å². The van der Waals surface area contributed by atoms with Gasteiger partial charge in [0.2, 0.25) is 0 Å². The molecular weight excluding hydrogens is 216 g/mol. The smallest absolute Gasteiger partial charge is 0.0940 e. The Morgan fingerprint density at radius 3 is 2.69 bits per heavy atom. The van der Waals surface area contributed by atoms with Crippen LogP contribution in [0.3, 0.4) is 0 Å². The van der Waals surface area contributed by atoms with E-state index in [-0.39, 0.29) is 0 Å². The molecule has 1 N–H and O–H groups in total. The van der Waals surface area contributed by atoms with E-state index in [1.54, 1.807) is 11.3 Å². The number of hydrogen-bond donors (Lipinski definition) is 1. The Bertz CT molecular complexity index is 276. The van der Waals surface area contributed by atoms with Gasteiger partial charge in [0.25, 0.3) is 0 Å². The molecule has 1 heterocycles. The van der Waals surface area contributed by atoms with Crippen molar-refractivity contribution in [2.75, 3.05) is 7.05 Å². The fourth-order valence-corrected chi connectivity index (χ4v) is 3.44. The molecule has 0 aliphatic heterocycles. The zero-order chi connectivity index (χ0) is 11.2. The maximum absolute atomic E-state index is 4.40. The van der Waals surface area contributed by atoms with E-state index >= 15 is 0 Å². The van der Waals surface area contributed by atoms with E-state index in [2.05, 4.69) is 22.7 Å². The van der Waals surface area contributed by atoms with Crippen LogP contribution in [0.2, 0.25) is 0 Å². The molecule has 90 valence electrons. The number of rotatable bonds is 4. The number of likely N-dealkylation sites (N-methyl/N-ethyl adjacent to an activating group) is 1. The third-order valence-electron chi connectivity index (χ3n) is 3.72. The highest BCUT2D eigenvalue weighted by atomic mass is 32.1. The van der Waals surface area contributed by atoms with Gasteiger partial charge in [0.05, 0.1) is 5.01 Å². The maximum Gasteiger partial charge on any atom is 0.0940 e. The lowest BCUT2D eigenvalue weighted by Gasteiger charge is -2.25. The van der Waals surface area contributed by atoms with Crippen LogP contribution in [0.15, 0.2) is 11.6 Å². The van der Waals surface area contributed by atoms with Crippen molar-refractivity contribution in [1.82, 2.24) is 10.3 Å². The zero-order valence-corrected chi connectivity index (χ0v) is 10.9. The van der Waals surface area contributed by atoms with Gasteiger partial charge < -0.3 is 5.32 Å². The first-order valence-electron chi connectivity index (χ1n) is 6.46. The molecule has 0 bridgehead atoms. The van der Waals surface area contributed by atoms with E-state index in [9.17, 15) is 0 Å². The second kappa shape index (κ2) is 6.36. The fraction of sp³-hybridized carbons (Fsp3) is 0.769. The first kappa shape index (κ1) is 12.1. The highest BCUT2D eigenvalue weighted by Crippen LogP contribution is 2.27. The summed E-state index contributed by atoms with van der Waals surface area (Å²) in [6.07, 6.45) is 11.5. The molecule has 3 heteroatoms. The SMILES string of the molecule is CNC(Cc1nccs1)C1CCCCCC1. The predicted molar refractivity (Wildman–Crippen MR) is 69.9 cm³/mol. The summed E-state index contributed by atoms with van der Waals surface area (Å²) in [6, 6.07) is 0.629. The van der Waals surface area contributed by atoms with Gasteiger partial charge in [0.15, 0.2) is 0 Å². The van der Waals surface area contributed by atoms with Crippen LogP contribution in [0.5, 0.6) is 0 Å². The van der Waals surface area contributed by atoms with E-state index in [1.807, 2.05) is 6.20 Å². The molecule has 1 unspecified atom stereocenters. The van der Waals surface area contributed by atoms with Crippen molar-refractivity contribution in [3.05, 3.63) is 16.6 Å². The molecule has 1 aromatic heterocycles. The minimum absolute atomic E-state index is 0.629. The van der Waals surface area contributed by atoms with Crippen LogP contribution in [-0.4, -0.2) is 18.1 Å². The Morgan fingerprint density at radius 2 is 2.12 bits per heavy atom. The first-order chi connectivity index (χ1) is 7.90. The van der Waals surface area contributed by atoms with E-state index in [1.165, 1.54) is 43.5 Å². The van der Waals surface area contributed by atoms with Gasteiger partial charge in [-0.15, -0.1) is 11.3 Å². The fourth-order valence-electron chi connectivity index (χ4n) is 2.76. The highest BCUT2D eigenvalue weighted by Gasteiger charge is 2.22. The van der Waals surface area contributed by atoms with Crippen LogP contribution in [0, 0.1) is 5.92 Å². The van der Waals surface area contributed by atoms with Gasteiger partial charge in [0, 0.05) is 24.0 Å². The Hall–Kier alpha value is -0.410. The van der Waals surface area contributed by atoms with E-state index in [0.717, 1.165) is 12.3 Å². The largest absolute Gasteiger partial charge is 0.316 e. The Kier molecular flexibility index (Phi) is 4.79. The van der Waals surface area contributed by atoms with Gasteiger partial charge in [-0.05, 0) is 25.8 Å². The van der Waals surface area contributed by atoms with Crippen LogP contribution in [0.1, 0.15) is 43.5 Å². The van der Waals surface area contributed by atoms with Gasteiger partial charge in [-0.1, -0.05) is 25.7 Å². The Morgan fingerprint density at radius 1 is 1.38 bits per heavy atom. The van der Waals surface area contributed by atoms with Crippen LogP contribution in [0.4, 0.5) is 0 Å².